The Labute approximate surface area is 302 Å². The number of tetrazole rings is 1. The number of methoxy groups -OCH3 is 1. The van der Waals surface area contributed by atoms with Gasteiger partial charge in [-0.3, -0.25) is 0 Å². The Morgan fingerprint density at radius 2 is 1.29 bits per heavy atom. The molecule has 0 bridgehead atoms. The zero-order chi connectivity index (χ0) is 35.2. The summed E-state index contributed by atoms with van der Waals surface area (Å²) in [7, 11) is 1.36. The molecule has 51 heavy (non-hydrogen) atoms. The Kier molecular flexibility index (Phi) is 9.85. The van der Waals surface area contributed by atoms with Crippen LogP contribution in [0.2, 0.25) is 5.15 Å². The number of carbonyl (C=O) groups is 1. The van der Waals surface area contributed by atoms with E-state index in [-0.39, 0.29) is 10.8 Å². The molecule has 5 aromatic carbocycles. The van der Waals surface area contributed by atoms with E-state index in [9.17, 15) is 4.79 Å². The fourth-order valence-electron chi connectivity index (χ4n) is 6.84. The number of aromatic nitrogens is 6. The Morgan fingerprint density at radius 1 is 0.745 bits per heavy atom. The smallest absolute Gasteiger partial charge is 0.357 e. The third kappa shape index (κ3) is 6.35. The lowest BCUT2D eigenvalue weighted by Crippen LogP contribution is -2.39. The Bertz CT molecular complexity index is 2140. The summed E-state index contributed by atoms with van der Waals surface area (Å²) in [6, 6.07) is 47.6. The van der Waals surface area contributed by atoms with Gasteiger partial charge in [-0.1, -0.05) is 164 Å². The van der Waals surface area contributed by atoms with Gasteiger partial charge in [-0.2, -0.15) is 0 Å². The van der Waals surface area contributed by atoms with Crippen LogP contribution >= 0.6 is 11.6 Å². The van der Waals surface area contributed by atoms with Crippen molar-refractivity contribution in [1.82, 2.24) is 29.8 Å². The monoisotopic (exact) mass is 692 g/mol. The summed E-state index contributed by atoms with van der Waals surface area (Å²) in [6.07, 6.45) is 2.64. The van der Waals surface area contributed by atoms with Gasteiger partial charge in [0.05, 0.1) is 7.11 Å². The molecule has 2 aromatic heterocycles. The van der Waals surface area contributed by atoms with E-state index in [0.29, 0.717) is 18.8 Å². The summed E-state index contributed by atoms with van der Waals surface area (Å²) in [4.78, 5) is 17.2. The SMILES string of the molecule is CCCCc1nc(Cl)c(C(=O)OC)n1Cc1ccc(-c2ccccc2-c2nnnn2C(c2ccccc2)(c2ccccc2)c2ccccc2)cc1. The standard InChI is InChI=1S/C42H37ClN6O2/c1-3-4-24-37-44-39(43)38(41(50)51-2)48(37)29-30-25-27-31(28-26-30)35-22-14-15-23-36(35)40-45-46-47-49(40)42(32-16-8-5-9-17-32,33-18-10-6-11-19-33)34-20-12-7-13-21-34/h5-23,25-28H,3-4,24,29H2,1-2H3. The highest BCUT2D eigenvalue weighted by Crippen LogP contribution is 2.43. The van der Waals surface area contributed by atoms with E-state index in [0.717, 1.165) is 57.6 Å². The van der Waals surface area contributed by atoms with Gasteiger partial charge in [0.25, 0.3) is 0 Å². The quantitative estimate of drug-likeness (QED) is 0.0939. The van der Waals surface area contributed by atoms with Gasteiger partial charge in [-0.05, 0) is 50.2 Å². The maximum Gasteiger partial charge on any atom is 0.357 e. The van der Waals surface area contributed by atoms with Crippen LogP contribution in [0.15, 0.2) is 140 Å². The molecular weight excluding hydrogens is 656 g/mol. The molecule has 254 valence electrons. The summed E-state index contributed by atoms with van der Waals surface area (Å²) in [6.45, 7) is 2.55. The first kappa shape index (κ1) is 33.6. The number of hydrogen-bond acceptors (Lipinski definition) is 6. The van der Waals surface area contributed by atoms with E-state index < -0.39 is 11.5 Å². The molecule has 0 amide bonds. The van der Waals surface area contributed by atoms with Crippen molar-refractivity contribution in [3.8, 4) is 22.5 Å². The Balaban J connectivity index is 1.33. The van der Waals surface area contributed by atoms with E-state index >= 15 is 0 Å². The lowest BCUT2D eigenvalue weighted by Gasteiger charge is -2.36. The minimum absolute atomic E-state index is 0.161. The molecule has 0 saturated heterocycles. The van der Waals surface area contributed by atoms with Crippen LogP contribution in [0.25, 0.3) is 22.5 Å². The van der Waals surface area contributed by atoms with Crippen LogP contribution in [-0.4, -0.2) is 42.8 Å². The molecule has 7 aromatic rings. The third-order valence-corrected chi connectivity index (χ3v) is 9.54. The largest absolute Gasteiger partial charge is 0.464 e. The molecule has 8 nitrogen and oxygen atoms in total. The highest BCUT2D eigenvalue weighted by atomic mass is 35.5. The number of ether oxygens (including phenoxy) is 1. The molecule has 0 saturated carbocycles. The van der Waals surface area contributed by atoms with Crippen molar-refractivity contribution in [2.75, 3.05) is 7.11 Å². The van der Waals surface area contributed by atoms with Crippen LogP contribution in [0.1, 0.15) is 58.3 Å². The molecule has 0 aliphatic rings. The van der Waals surface area contributed by atoms with Gasteiger partial charge in [0.2, 0.25) is 0 Å². The van der Waals surface area contributed by atoms with Gasteiger partial charge in [-0.25, -0.2) is 14.5 Å². The fourth-order valence-corrected chi connectivity index (χ4v) is 7.12. The number of esters is 1. The molecule has 0 radical (unpaired) electrons. The maximum absolute atomic E-state index is 12.7. The summed E-state index contributed by atoms with van der Waals surface area (Å²) in [5.41, 5.74) is 6.34. The molecule has 0 fully saturated rings. The number of imidazole rings is 1. The molecule has 0 aliphatic carbocycles. The van der Waals surface area contributed by atoms with Crippen molar-refractivity contribution in [2.45, 2.75) is 38.3 Å². The second-order valence-electron chi connectivity index (χ2n) is 12.3. The summed E-state index contributed by atoms with van der Waals surface area (Å²) >= 11 is 6.45. The van der Waals surface area contributed by atoms with Crippen LogP contribution in [0.3, 0.4) is 0 Å². The minimum atomic E-state index is -0.877. The zero-order valence-electron chi connectivity index (χ0n) is 28.5. The van der Waals surface area contributed by atoms with Crippen LogP contribution < -0.4 is 0 Å². The van der Waals surface area contributed by atoms with Gasteiger partial charge in [0.1, 0.15) is 11.4 Å². The molecule has 0 atom stereocenters. The highest BCUT2D eigenvalue weighted by molar-refractivity contribution is 6.32. The van der Waals surface area contributed by atoms with Crippen molar-refractivity contribution < 1.29 is 9.53 Å². The van der Waals surface area contributed by atoms with Crippen LogP contribution in [-0.2, 0) is 23.2 Å². The van der Waals surface area contributed by atoms with E-state index in [1.165, 1.54) is 7.11 Å². The number of hydrogen-bond donors (Lipinski definition) is 0. The first-order chi connectivity index (χ1) is 25.1. The number of benzene rings is 5. The summed E-state index contributed by atoms with van der Waals surface area (Å²) in [5, 5.41) is 13.9. The van der Waals surface area contributed by atoms with Crippen molar-refractivity contribution >= 4 is 17.6 Å². The zero-order valence-corrected chi connectivity index (χ0v) is 29.2. The van der Waals surface area contributed by atoms with E-state index in [2.05, 4.69) is 89.9 Å². The fraction of sp³-hybridized carbons (Fsp3) is 0.167. The van der Waals surface area contributed by atoms with Crippen LogP contribution in [0.5, 0.6) is 0 Å². The Morgan fingerprint density at radius 3 is 1.84 bits per heavy atom. The molecule has 0 N–H and O–H groups in total. The first-order valence-corrected chi connectivity index (χ1v) is 17.4. The molecule has 7 rings (SSSR count). The molecule has 0 aliphatic heterocycles. The second kappa shape index (κ2) is 14.9. The predicted molar refractivity (Wildman–Crippen MR) is 200 cm³/mol. The van der Waals surface area contributed by atoms with Crippen LogP contribution in [0.4, 0.5) is 0 Å². The average Bonchev–Trinajstić information content (AvgIpc) is 3.80. The first-order valence-electron chi connectivity index (χ1n) is 17.0. The number of rotatable bonds is 12. The summed E-state index contributed by atoms with van der Waals surface area (Å²) < 4.78 is 8.88. The van der Waals surface area contributed by atoms with E-state index in [1.807, 2.05) is 76.0 Å². The van der Waals surface area contributed by atoms with E-state index in [4.69, 9.17) is 26.6 Å². The van der Waals surface area contributed by atoms with Gasteiger partial charge in [-0.15, -0.1) is 5.10 Å². The Hall–Kier alpha value is -5.86. The number of aryl methyl sites for hydroxylation is 1. The van der Waals surface area contributed by atoms with Gasteiger partial charge in [0.15, 0.2) is 16.7 Å². The number of nitrogens with zero attached hydrogens (tertiary/aromatic N) is 6. The molecule has 0 unspecified atom stereocenters. The van der Waals surface area contributed by atoms with Gasteiger partial charge < -0.3 is 9.30 Å². The van der Waals surface area contributed by atoms with Gasteiger partial charge >= 0.3 is 5.97 Å². The van der Waals surface area contributed by atoms with Crippen LogP contribution in [0, 0.1) is 0 Å². The lowest BCUT2D eigenvalue weighted by molar-refractivity contribution is 0.0588. The normalized spacial score (nSPS) is 11.4. The molecule has 9 heteroatoms. The van der Waals surface area contributed by atoms with Gasteiger partial charge in [0, 0.05) is 18.5 Å². The predicted octanol–water partition coefficient (Wildman–Crippen LogP) is 8.87. The molecule has 2 heterocycles. The van der Waals surface area contributed by atoms with Crippen molar-refractivity contribution in [2.24, 2.45) is 0 Å². The number of carbonyl (C=O) groups excluding carboxylic acids is 1. The molecular formula is C42H37ClN6O2. The summed E-state index contributed by atoms with van der Waals surface area (Å²) in [5.74, 6) is 0.890. The van der Waals surface area contributed by atoms with Crippen molar-refractivity contribution in [3.05, 3.63) is 178 Å². The number of halogens is 1. The number of unbranched alkanes of at least 4 members (excludes halogenated alkanes) is 1. The topological polar surface area (TPSA) is 87.7 Å². The lowest BCUT2D eigenvalue weighted by atomic mass is 9.77. The second-order valence-corrected chi connectivity index (χ2v) is 12.7. The van der Waals surface area contributed by atoms with E-state index in [1.54, 1.807) is 0 Å². The average molecular weight is 693 g/mol. The van der Waals surface area contributed by atoms with Crippen molar-refractivity contribution in [1.29, 1.82) is 0 Å². The third-order valence-electron chi connectivity index (χ3n) is 9.27. The van der Waals surface area contributed by atoms with Crippen molar-refractivity contribution in [3.63, 3.8) is 0 Å². The highest BCUT2D eigenvalue weighted by Gasteiger charge is 2.42. The molecule has 0 spiro atoms. The minimum Gasteiger partial charge on any atom is -0.464 e. The maximum atomic E-state index is 12.7.